The monoisotopic (exact) mass is 351 g/mol. The quantitative estimate of drug-likeness (QED) is 0.706. The molecular weight excluding hydrogens is 330 g/mol. The molecule has 7 heteroatoms. The minimum atomic E-state index is 0.232. The maximum Gasteiger partial charge on any atom is 0.229 e. The fourth-order valence-electron chi connectivity index (χ4n) is 2.89. The largest absolute Gasteiger partial charge is 0.491 e. The summed E-state index contributed by atoms with van der Waals surface area (Å²) in [5.41, 5.74) is 2.05. The van der Waals surface area contributed by atoms with E-state index in [1.165, 1.54) is 0 Å². The van der Waals surface area contributed by atoms with Gasteiger partial charge in [-0.2, -0.15) is 0 Å². The number of nitrogens with one attached hydrogen (secondary N) is 1. The van der Waals surface area contributed by atoms with E-state index in [1.54, 1.807) is 18.7 Å². The summed E-state index contributed by atoms with van der Waals surface area (Å²) < 4.78 is 13.2. The van der Waals surface area contributed by atoms with Gasteiger partial charge < -0.3 is 14.8 Å². The van der Waals surface area contributed by atoms with E-state index >= 15 is 0 Å². The smallest absolute Gasteiger partial charge is 0.229 e. The number of anilines is 1. The summed E-state index contributed by atoms with van der Waals surface area (Å²) in [4.78, 5) is 4.13. The van der Waals surface area contributed by atoms with Gasteiger partial charge in [-0.15, -0.1) is 10.2 Å². The molecule has 0 aliphatic carbocycles. The Hall–Kier alpha value is -2.93. The van der Waals surface area contributed by atoms with Crippen molar-refractivity contribution in [2.75, 3.05) is 18.5 Å². The molecule has 26 heavy (non-hydrogen) atoms. The van der Waals surface area contributed by atoms with Gasteiger partial charge in [-0.25, -0.2) is 0 Å². The van der Waals surface area contributed by atoms with E-state index in [1.807, 2.05) is 41.0 Å². The number of pyridine rings is 1. The molecule has 1 fully saturated rings. The number of aromatic nitrogens is 4. The lowest BCUT2D eigenvalue weighted by Crippen LogP contribution is -2.16. The maximum atomic E-state index is 5.79. The first kappa shape index (κ1) is 16.5. The lowest BCUT2D eigenvalue weighted by atomic mass is 10.2. The Morgan fingerprint density at radius 2 is 2.15 bits per heavy atom. The minimum absolute atomic E-state index is 0.232. The van der Waals surface area contributed by atoms with Crippen LogP contribution in [0, 0.1) is 0 Å². The minimum Gasteiger partial charge on any atom is -0.491 e. The molecule has 1 N–H and O–H groups in total. The van der Waals surface area contributed by atoms with Crippen molar-refractivity contribution < 1.29 is 9.47 Å². The Kier molecular flexibility index (Phi) is 5.07. The Balaban J connectivity index is 1.33. The Morgan fingerprint density at radius 1 is 1.23 bits per heavy atom. The van der Waals surface area contributed by atoms with E-state index in [2.05, 4.69) is 20.5 Å². The summed E-state index contributed by atoms with van der Waals surface area (Å²) in [6.45, 7) is 2.11. The summed E-state index contributed by atoms with van der Waals surface area (Å²) in [7, 11) is 0. The molecule has 0 bridgehead atoms. The van der Waals surface area contributed by atoms with Crippen LogP contribution < -0.4 is 10.1 Å². The fourth-order valence-corrected chi connectivity index (χ4v) is 2.89. The topological polar surface area (TPSA) is 74.1 Å². The highest BCUT2D eigenvalue weighted by atomic mass is 16.5. The highest BCUT2D eigenvalue weighted by Gasteiger charge is 2.15. The van der Waals surface area contributed by atoms with Crippen LogP contribution >= 0.6 is 0 Å². The predicted octanol–water partition coefficient (Wildman–Crippen LogP) is 2.83. The van der Waals surface area contributed by atoms with E-state index in [0.29, 0.717) is 19.1 Å². The average molecular weight is 351 g/mol. The van der Waals surface area contributed by atoms with Crippen molar-refractivity contribution in [1.82, 2.24) is 19.7 Å². The molecule has 134 valence electrons. The van der Waals surface area contributed by atoms with Crippen LogP contribution in [0.15, 0.2) is 55.1 Å². The second-order valence-electron chi connectivity index (χ2n) is 6.18. The van der Waals surface area contributed by atoms with E-state index < -0.39 is 0 Å². The molecule has 1 aromatic carbocycles. The number of nitrogens with zero attached hydrogens (tertiary/aromatic N) is 4. The molecule has 1 aliphatic rings. The zero-order valence-electron chi connectivity index (χ0n) is 14.4. The van der Waals surface area contributed by atoms with Crippen molar-refractivity contribution in [3.05, 3.63) is 60.7 Å². The standard InChI is InChI=1S/C19H21N5O2/c1-3-16(12-20-9-1)24-14-22-23-19(24)21-11-15-5-7-17(8-6-15)26-13-18-4-2-10-25-18/h1,3,5-9,12,14,18H,2,4,10-11,13H2,(H,21,23). The second-order valence-corrected chi connectivity index (χ2v) is 6.18. The molecule has 0 radical (unpaired) electrons. The summed E-state index contributed by atoms with van der Waals surface area (Å²) in [5, 5.41) is 11.4. The fraction of sp³-hybridized carbons (Fsp3) is 0.316. The van der Waals surface area contributed by atoms with Crippen LogP contribution in [0.2, 0.25) is 0 Å². The summed E-state index contributed by atoms with van der Waals surface area (Å²) in [6, 6.07) is 11.9. The van der Waals surface area contributed by atoms with Crippen LogP contribution in [0.25, 0.3) is 5.69 Å². The van der Waals surface area contributed by atoms with Crippen LogP contribution in [0.5, 0.6) is 5.75 Å². The predicted molar refractivity (Wildman–Crippen MR) is 97.4 cm³/mol. The third kappa shape index (κ3) is 4.00. The number of hydrogen-bond donors (Lipinski definition) is 1. The third-order valence-corrected chi connectivity index (χ3v) is 4.31. The van der Waals surface area contributed by atoms with Gasteiger partial charge >= 0.3 is 0 Å². The van der Waals surface area contributed by atoms with Crippen molar-refractivity contribution in [3.8, 4) is 11.4 Å². The molecule has 7 nitrogen and oxygen atoms in total. The molecule has 1 saturated heterocycles. The van der Waals surface area contributed by atoms with Crippen LogP contribution in [0.3, 0.4) is 0 Å². The molecule has 4 rings (SSSR count). The average Bonchev–Trinajstić information content (AvgIpc) is 3.38. The Bertz CT molecular complexity index is 813. The van der Waals surface area contributed by atoms with Crippen LogP contribution in [-0.2, 0) is 11.3 Å². The van der Waals surface area contributed by atoms with Crippen molar-refractivity contribution in [2.24, 2.45) is 0 Å². The van der Waals surface area contributed by atoms with Crippen LogP contribution in [0.1, 0.15) is 18.4 Å². The normalized spacial score (nSPS) is 16.5. The number of benzene rings is 1. The molecule has 0 spiro atoms. The van der Waals surface area contributed by atoms with Gasteiger partial charge in [0.1, 0.15) is 18.7 Å². The number of ether oxygens (including phenoxy) is 2. The molecule has 3 heterocycles. The summed E-state index contributed by atoms with van der Waals surface area (Å²) in [6.07, 6.45) is 7.62. The molecule has 1 aliphatic heterocycles. The second kappa shape index (κ2) is 7.97. The molecular formula is C19H21N5O2. The molecule has 1 atom stereocenters. The highest BCUT2D eigenvalue weighted by molar-refractivity contribution is 5.39. The van der Waals surface area contributed by atoms with Crippen LogP contribution in [-0.4, -0.2) is 39.1 Å². The van der Waals surface area contributed by atoms with Gasteiger partial charge in [0.2, 0.25) is 5.95 Å². The first-order valence-corrected chi connectivity index (χ1v) is 8.76. The lowest BCUT2D eigenvalue weighted by molar-refractivity contribution is 0.0679. The van der Waals surface area contributed by atoms with E-state index in [4.69, 9.17) is 9.47 Å². The van der Waals surface area contributed by atoms with Crippen LogP contribution in [0.4, 0.5) is 5.95 Å². The number of hydrogen-bond acceptors (Lipinski definition) is 6. The van der Waals surface area contributed by atoms with Gasteiger partial charge in [0.05, 0.1) is 18.0 Å². The van der Waals surface area contributed by atoms with E-state index in [0.717, 1.165) is 36.4 Å². The van der Waals surface area contributed by atoms with Crippen molar-refractivity contribution in [2.45, 2.75) is 25.5 Å². The molecule has 0 amide bonds. The zero-order valence-corrected chi connectivity index (χ0v) is 14.4. The zero-order chi connectivity index (χ0) is 17.6. The van der Waals surface area contributed by atoms with Gasteiger partial charge in [0, 0.05) is 19.3 Å². The molecule has 2 aromatic heterocycles. The maximum absolute atomic E-state index is 5.79. The van der Waals surface area contributed by atoms with Gasteiger partial charge in [-0.05, 0) is 42.7 Å². The Morgan fingerprint density at radius 3 is 2.92 bits per heavy atom. The molecule has 1 unspecified atom stereocenters. The summed E-state index contributed by atoms with van der Waals surface area (Å²) >= 11 is 0. The first-order valence-electron chi connectivity index (χ1n) is 8.76. The van der Waals surface area contributed by atoms with Crippen molar-refractivity contribution >= 4 is 5.95 Å². The van der Waals surface area contributed by atoms with Crippen molar-refractivity contribution in [3.63, 3.8) is 0 Å². The molecule has 3 aromatic rings. The highest BCUT2D eigenvalue weighted by Crippen LogP contribution is 2.18. The van der Waals surface area contributed by atoms with Gasteiger partial charge in [-0.1, -0.05) is 12.1 Å². The van der Waals surface area contributed by atoms with E-state index in [9.17, 15) is 0 Å². The first-order chi connectivity index (χ1) is 12.9. The van der Waals surface area contributed by atoms with Gasteiger partial charge in [0.25, 0.3) is 0 Å². The third-order valence-electron chi connectivity index (χ3n) is 4.31. The van der Waals surface area contributed by atoms with Gasteiger partial charge in [-0.3, -0.25) is 9.55 Å². The van der Waals surface area contributed by atoms with Gasteiger partial charge in [0.15, 0.2) is 0 Å². The SMILES string of the molecule is c1cncc(-n2cnnc2NCc2ccc(OCC3CCCO3)cc2)c1. The van der Waals surface area contributed by atoms with Crippen molar-refractivity contribution in [1.29, 1.82) is 0 Å². The molecule has 0 saturated carbocycles. The Labute approximate surface area is 152 Å². The summed E-state index contributed by atoms with van der Waals surface area (Å²) in [5.74, 6) is 1.54. The van der Waals surface area contributed by atoms with E-state index in [-0.39, 0.29) is 6.10 Å². The lowest BCUT2D eigenvalue weighted by Gasteiger charge is -2.12. The number of rotatable bonds is 7.